The van der Waals surface area contributed by atoms with E-state index in [4.69, 9.17) is 0 Å². The van der Waals surface area contributed by atoms with Crippen molar-refractivity contribution < 1.29 is 0 Å². The van der Waals surface area contributed by atoms with Crippen molar-refractivity contribution in [2.75, 3.05) is 24.0 Å². The minimum atomic E-state index is 0.327. The second kappa shape index (κ2) is 5.87. The Morgan fingerprint density at radius 1 is 1.41 bits per heavy atom. The molecule has 0 radical (unpaired) electrons. The fourth-order valence-electron chi connectivity index (χ4n) is 1.54. The van der Waals surface area contributed by atoms with E-state index in [1.54, 1.807) is 11.8 Å². The molecular weight excluding hydrogens is 232 g/mol. The van der Waals surface area contributed by atoms with E-state index in [-0.39, 0.29) is 0 Å². The maximum Gasteiger partial charge on any atom is 0.169 e. The number of rotatable bonds is 4. The van der Waals surface area contributed by atoms with E-state index in [0.717, 1.165) is 17.0 Å². The highest BCUT2D eigenvalue weighted by Crippen LogP contribution is 2.22. The van der Waals surface area contributed by atoms with Gasteiger partial charge in [0.25, 0.3) is 0 Å². The number of anilines is 1. The fraction of sp³-hybridized carbons (Fsp3) is 0.583. The van der Waals surface area contributed by atoms with Crippen LogP contribution in [0.15, 0.2) is 0 Å². The molecule has 0 bridgehead atoms. The topological polar surface area (TPSA) is 52.8 Å². The zero-order chi connectivity index (χ0) is 13.0. The quantitative estimate of drug-likeness (QED) is 0.819. The van der Waals surface area contributed by atoms with E-state index >= 15 is 0 Å². The molecule has 92 valence electrons. The van der Waals surface area contributed by atoms with Gasteiger partial charge in [-0.1, -0.05) is 0 Å². The summed E-state index contributed by atoms with van der Waals surface area (Å²) in [5.41, 5.74) is 2.37. The molecule has 1 heterocycles. The van der Waals surface area contributed by atoms with Gasteiger partial charge in [0, 0.05) is 18.8 Å². The molecule has 0 aromatic carbocycles. The minimum Gasteiger partial charge on any atom is -0.354 e. The van der Waals surface area contributed by atoms with Gasteiger partial charge >= 0.3 is 0 Å². The van der Waals surface area contributed by atoms with Crippen molar-refractivity contribution in [2.24, 2.45) is 0 Å². The molecule has 0 saturated carbocycles. The van der Waals surface area contributed by atoms with Gasteiger partial charge in [-0.2, -0.15) is 22.1 Å². The van der Waals surface area contributed by atoms with Crippen molar-refractivity contribution in [1.82, 2.24) is 10.2 Å². The normalized spacial score (nSPS) is 12.0. The molecular formula is C12H18N4S. The second-order valence-electron chi connectivity index (χ2n) is 4.14. The van der Waals surface area contributed by atoms with E-state index in [1.807, 2.05) is 25.8 Å². The SMILES string of the molecule is CSCC(C)N(C)c1nnc(C)c(C)c1C#N. The van der Waals surface area contributed by atoms with Crippen molar-refractivity contribution in [3.8, 4) is 6.07 Å². The maximum absolute atomic E-state index is 9.23. The number of hydrogen-bond donors (Lipinski definition) is 0. The third-order valence-electron chi connectivity index (χ3n) is 2.95. The molecule has 1 unspecified atom stereocenters. The molecule has 0 aliphatic rings. The van der Waals surface area contributed by atoms with Crippen LogP contribution in [0.5, 0.6) is 0 Å². The lowest BCUT2D eigenvalue weighted by Crippen LogP contribution is -2.32. The fourth-order valence-corrected chi connectivity index (χ4v) is 2.24. The van der Waals surface area contributed by atoms with Crippen molar-refractivity contribution >= 4 is 17.6 Å². The van der Waals surface area contributed by atoms with Crippen LogP contribution in [0.4, 0.5) is 5.82 Å². The number of hydrogen-bond acceptors (Lipinski definition) is 5. The van der Waals surface area contributed by atoms with Gasteiger partial charge in [0.15, 0.2) is 5.82 Å². The first-order valence-corrected chi connectivity index (χ1v) is 6.88. The van der Waals surface area contributed by atoms with Crippen LogP contribution in [0.1, 0.15) is 23.7 Å². The highest BCUT2D eigenvalue weighted by molar-refractivity contribution is 7.98. The van der Waals surface area contributed by atoms with Crippen LogP contribution in [-0.4, -0.2) is 35.3 Å². The Morgan fingerprint density at radius 2 is 2.06 bits per heavy atom. The number of aryl methyl sites for hydroxylation is 1. The number of nitrogens with zero attached hydrogens (tertiary/aromatic N) is 4. The number of aromatic nitrogens is 2. The van der Waals surface area contributed by atoms with Crippen molar-refractivity contribution in [1.29, 1.82) is 5.26 Å². The molecule has 1 atom stereocenters. The predicted molar refractivity (Wildman–Crippen MR) is 72.5 cm³/mol. The Kier molecular flexibility index (Phi) is 4.76. The Bertz CT molecular complexity index is 439. The van der Waals surface area contributed by atoms with Crippen LogP contribution < -0.4 is 4.90 Å². The molecule has 0 aliphatic heterocycles. The molecule has 17 heavy (non-hydrogen) atoms. The summed E-state index contributed by atoms with van der Waals surface area (Å²) in [5.74, 6) is 1.67. The number of nitriles is 1. The molecule has 1 rings (SSSR count). The Labute approximate surface area is 107 Å². The summed E-state index contributed by atoms with van der Waals surface area (Å²) in [5, 5.41) is 17.5. The predicted octanol–water partition coefficient (Wildman–Crippen LogP) is 2.15. The summed E-state index contributed by atoms with van der Waals surface area (Å²) in [6.45, 7) is 5.91. The van der Waals surface area contributed by atoms with Gasteiger partial charge in [0.2, 0.25) is 0 Å². The summed E-state index contributed by atoms with van der Waals surface area (Å²) in [6, 6.07) is 2.56. The largest absolute Gasteiger partial charge is 0.354 e. The van der Waals surface area contributed by atoms with E-state index in [2.05, 4.69) is 29.4 Å². The van der Waals surface area contributed by atoms with Crippen molar-refractivity contribution in [2.45, 2.75) is 26.8 Å². The van der Waals surface area contributed by atoms with Gasteiger partial charge < -0.3 is 4.90 Å². The number of thioether (sulfide) groups is 1. The molecule has 0 aliphatic carbocycles. The van der Waals surface area contributed by atoms with E-state index in [1.165, 1.54) is 0 Å². The van der Waals surface area contributed by atoms with Gasteiger partial charge in [0.1, 0.15) is 11.6 Å². The zero-order valence-electron chi connectivity index (χ0n) is 11.0. The van der Waals surface area contributed by atoms with Crippen LogP contribution in [0.3, 0.4) is 0 Å². The molecule has 0 saturated heterocycles. The average molecular weight is 250 g/mol. The molecule has 1 aromatic rings. The van der Waals surface area contributed by atoms with Gasteiger partial charge in [-0.15, -0.1) is 5.10 Å². The average Bonchev–Trinajstić information content (AvgIpc) is 2.31. The Morgan fingerprint density at radius 3 is 2.59 bits per heavy atom. The molecule has 0 spiro atoms. The van der Waals surface area contributed by atoms with Crippen LogP contribution in [0.25, 0.3) is 0 Å². The van der Waals surface area contributed by atoms with Crippen LogP contribution in [-0.2, 0) is 0 Å². The minimum absolute atomic E-state index is 0.327. The Hall–Kier alpha value is -1.28. The third kappa shape index (κ3) is 2.89. The highest BCUT2D eigenvalue weighted by Gasteiger charge is 2.18. The molecule has 0 amide bonds. The summed E-state index contributed by atoms with van der Waals surface area (Å²) >= 11 is 1.78. The van der Waals surface area contributed by atoms with Crippen LogP contribution in [0.2, 0.25) is 0 Å². The lowest BCUT2D eigenvalue weighted by molar-refractivity contribution is 0.738. The first kappa shape index (κ1) is 13.8. The first-order chi connectivity index (χ1) is 8.02. The third-order valence-corrected chi connectivity index (χ3v) is 3.77. The maximum atomic E-state index is 9.23. The first-order valence-electron chi connectivity index (χ1n) is 5.48. The monoisotopic (exact) mass is 250 g/mol. The van der Waals surface area contributed by atoms with E-state index in [0.29, 0.717) is 17.4 Å². The second-order valence-corrected chi connectivity index (χ2v) is 5.05. The zero-order valence-corrected chi connectivity index (χ0v) is 11.8. The highest BCUT2D eigenvalue weighted by atomic mass is 32.2. The Balaban J connectivity index is 3.15. The van der Waals surface area contributed by atoms with Crippen molar-refractivity contribution in [3.05, 3.63) is 16.8 Å². The van der Waals surface area contributed by atoms with Crippen molar-refractivity contribution in [3.63, 3.8) is 0 Å². The van der Waals surface area contributed by atoms with Gasteiger partial charge in [-0.05, 0) is 32.6 Å². The lowest BCUT2D eigenvalue weighted by atomic mass is 10.1. The molecule has 0 N–H and O–H groups in total. The smallest absolute Gasteiger partial charge is 0.169 e. The molecule has 4 nitrogen and oxygen atoms in total. The van der Waals surface area contributed by atoms with Gasteiger partial charge in [-0.3, -0.25) is 0 Å². The lowest BCUT2D eigenvalue weighted by Gasteiger charge is -2.26. The van der Waals surface area contributed by atoms with E-state index < -0.39 is 0 Å². The van der Waals surface area contributed by atoms with Gasteiger partial charge in [0.05, 0.1) is 5.69 Å². The summed E-state index contributed by atoms with van der Waals surface area (Å²) in [7, 11) is 1.96. The molecule has 0 fully saturated rings. The van der Waals surface area contributed by atoms with Gasteiger partial charge in [-0.25, -0.2) is 0 Å². The van der Waals surface area contributed by atoms with Crippen LogP contribution in [0, 0.1) is 25.2 Å². The summed E-state index contributed by atoms with van der Waals surface area (Å²) in [4.78, 5) is 2.02. The molecule has 5 heteroatoms. The summed E-state index contributed by atoms with van der Waals surface area (Å²) in [6.07, 6.45) is 2.07. The van der Waals surface area contributed by atoms with Crippen LogP contribution >= 0.6 is 11.8 Å². The van der Waals surface area contributed by atoms with E-state index in [9.17, 15) is 5.26 Å². The standard InChI is InChI=1S/C12H18N4S/c1-8(7-17-5)16(4)12-11(6-13)9(2)10(3)14-15-12/h8H,7H2,1-5H3. The summed E-state index contributed by atoms with van der Waals surface area (Å²) < 4.78 is 0. The molecule has 1 aromatic heterocycles.